The summed E-state index contributed by atoms with van der Waals surface area (Å²) in [5.74, 6) is 1.11. The normalized spacial score (nSPS) is 16.6. The molecule has 0 N–H and O–H groups in total. The van der Waals surface area contributed by atoms with Crippen molar-refractivity contribution in [3.8, 4) is 0 Å². The molecule has 0 spiro atoms. The highest BCUT2D eigenvalue weighted by Crippen LogP contribution is 2.20. The number of sulfone groups is 1. The molecule has 0 fully saturated rings. The van der Waals surface area contributed by atoms with Gasteiger partial charge >= 0.3 is 0 Å². The van der Waals surface area contributed by atoms with Gasteiger partial charge in [-0.15, -0.1) is 0 Å². The Kier molecular flexibility index (Phi) is 7.04. The first kappa shape index (κ1) is 14.4. The van der Waals surface area contributed by atoms with Gasteiger partial charge in [0, 0.05) is 10.6 Å². The van der Waals surface area contributed by atoms with Gasteiger partial charge in [-0.1, -0.05) is 36.7 Å². The second kappa shape index (κ2) is 6.83. The van der Waals surface area contributed by atoms with E-state index < -0.39 is 9.84 Å². The highest BCUT2D eigenvalue weighted by Gasteiger charge is 2.16. The molecule has 0 aromatic heterocycles. The Hall–Kier alpha value is 0.430. The third-order valence-corrected chi connectivity index (χ3v) is 5.84. The monoisotopic (exact) mass is 284 g/mol. The molecular weight excluding hydrogens is 264 g/mol. The van der Waals surface area contributed by atoms with E-state index in [-0.39, 0.29) is 0 Å². The van der Waals surface area contributed by atoms with Crippen molar-refractivity contribution >= 4 is 25.8 Å². The SMILES string of the molecule is CCCS(=O)(=O)CCC(C)C(Br)CC. The summed E-state index contributed by atoms with van der Waals surface area (Å²) in [6.07, 6.45) is 2.54. The molecule has 2 nitrogen and oxygen atoms in total. The summed E-state index contributed by atoms with van der Waals surface area (Å²) in [6, 6.07) is 0. The fraction of sp³-hybridized carbons (Fsp3) is 1.00. The Bertz CT molecular complexity index is 237. The van der Waals surface area contributed by atoms with Gasteiger partial charge in [-0.3, -0.25) is 0 Å². The van der Waals surface area contributed by atoms with Crippen molar-refractivity contribution in [2.45, 2.75) is 44.9 Å². The van der Waals surface area contributed by atoms with Gasteiger partial charge in [-0.05, 0) is 25.2 Å². The van der Waals surface area contributed by atoms with Crippen molar-refractivity contribution < 1.29 is 8.42 Å². The number of hydrogen-bond acceptors (Lipinski definition) is 2. The molecule has 0 amide bonds. The van der Waals surface area contributed by atoms with E-state index >= 15 is 0 Å². The molecule has 4 heteroatoms. The van der Waals surface area contributed by atoms with Gasteiger partial charge in [0.2, 0.25) is 0 Å². The second-order valence-corrected chi connectivity index (χ2v) is 7.32. The molecule has 0 aromatic carbocycles. The van der Waals surface area contributed by atoms with Gasteiger partial charge < -0.3 is 0 Å². The molecule has 0 radical (unpaired) electrons. The van der Waals surface area contributed by atoms with E-state index in [1.54, 1.807) is 0 Å². The van der Waals surface area contributed by atoms with Crippen LogP contribution in [0.4, 0.5) is 0 Å². The lowest BCUT2D eigenvalue weighted by Gasteiger charge is -2.16. The van der Waals surface area contributed by atoms with Crippen molar-refractivity contribution in [3.05, 3.63) is 0 Å². The predicted molar refractivity (Wildman–Crippen MR) is 65.7 cm³/mol. The lowest BCUT2D eigenvalue weighted by Crippen LogP contribution is -2.17. The van der Waals surface area contributed by atoms with E-state index in [0.29, 0.717) is 22.3 Å². The fourth-order valence-corrected chi connectivity index (χ4v) is 3.18. The summed E-state index contributed by atoms with van der Waals surface area (Å²) < 4.78 is 22.9. The van der Waals surface area contributed by atoms with Crippen LogP contribution in [0.25, 0.3) is 0 Å². The molecule has 0 rings (SSSR count). The number of alkyl halides is 1. The lowest BCUT2D eigenvalue weighted by atomic mass is 10.0. The maximum atomic E-state index is 11.4. The third-order valence-electron chi connectivity index (χ3n) is 2.41. The first-order valence-electron chi connectivity index (χ1n) is 5.27. The van der Waals surface area contributed by atoms with Gasteiger partial charge in [-0.2, -0.15) is 0 Å². The van der Waals surface area contributed by atoms with E-state index in [1.807, 2.05) is 6.92 Å². The molecule has 2 unspecified atom stereocenters. The molecule has 0 aliphatic heterocycles. The smallest absolute Gasteiger partial charge is 0.150 e. The highest BCUT2D eigenvalue weighted by molar-refractivity contribution is 9.09. The standard InChI is InChI=1S/C10H21BrO2S/c1-4-7-14(12,13)8-6-9(3)10(11)5-2/h9-10H,4-8H2,1-3H3. The maximum absolute atomic E-state index is 11.4. The zero-order valence-electron chi connectivity index (χ0n) is 9.29. The predicted octanol–water partition coefficient (Wildman–Crippen LogP) is 3.01. The third kappa shape index (κ3) is 6.02. The van der Waals surface area contributed by atoms with Crippen LogP contribution >= 0.6 is 15.9 Å². The fourth-order valence-electron chi connectivity index (χ4n) is 1.36. The topological polar surface area (TPSA) is 34.1 Å². The molecule has 0 bridgehead atoms. The molecule has 14 heavy (non-hydrogen) atoms. The summed E-state index contributed by atoms with van der Waals surface area (Å²) in [5, 5.41) is 0. The first-order chi connectivity index (χ1) is 6.43. The highest BCUT2D eigenvalue weighted by atomic mass is 79.9. The van der Waals surface area contributed by atoms with E-state index in [9.17, 15) is 8.42 Å². The van der Waals surface area contributed by atoms with Crippen molar-refractivity contribution in [2.24, 2.45) is 5.92 Å². The van der Waals surface area contributed by atoms with E-state index in [0.717, 1.165) is 19.3 Å². The van der Waals surface area contributed by atoms with Gasteiger partial charge in [0.05, 0.1) is 5.75 Å². The summed E-state index contributed by atoms with van der Waals surface area (Å²) in [5.41, 5.74) is 0. The van der Waals surface area contributed by atoms with Crippen LogP contribution in [-0.4, -0.2) is 24.8 Å². The van der Waals surface area contributed by atoms with Gasteiger partial charge in [-0.25, -0.2) is 8.42 Å². The lowest BCUT2D eigenvalue weighted by molar-refractivity contribution is 0.522. The van der Waals surface area contributed by atoms with E-state index in [2.05, 4.69) is 29.8 Å². The van der Waals surface area contributed by atoms with Crippen molar-refractivity contribution in [3.63, 3.8) is 0 Å². The average molecular weight is 285 g/mol. The van der Waals surface area contributed by atoms with Crippen molar-refractivity contribution in [1.29, 1.82) is 0 Å². The summed E-state index contributed by atoms with van der Waals surface area (Å²) in [4.78, 5) is 0.444. The minimum absolute atomic E-state index is 0.332. The van der Waals surface area contributed by atoms with Crippen LogP contribution in [0.5, 0.6) is 0 Å². The molecule has 0 aliphatic carbocycles. The van der Waals surface area contributed by atoms with Crippen LogP contribution in [0.15, 0.2) is 0 Å². The Morgan fingerprint density at radius 1 is 1.21 bits per heavy atom. The maximum Gasteiger partial charge on any atom is 0.150 e. The molecule has 0 saturated heterocycles. The molecule has 0 aliphatic rings. The van der Waals surface area contributed by atoms with Crippen LogP contribution in [0.1, 0.15) is 40.0 Å². The Morgan fingerprint density at radius 3 is 2.21 bits per heavy atom. The molecule has 0 aromatic rings. The number of hydrogen-bond donors (Lipinski definition) is 0. The van der Waals surface area contributed by atoms with E-state index in [1.165, 1.54) is 0 Å². The van der Waals surface area contributed by atoms with Crippen LogP contribution in [0.3, 0.4) is 0 Å². The first-order valence-corrected chi connectivity index (χ1v) is 8.01. The minimum atomic E-state index is -2.79. The quantitative estimate of drug-likeness (QED) is 0.674. The molecular formula is C10H21BrO2S. The zero-order valence-corrected chi connectivity index (χ0v) is 11.7. The second-order valence-electron chi connectivity index (χ2n) is 3.84. The number of rotatable bonds is 7. The van der Waals surface area contributed by atoms with Gasteiger partial charge in [0.25, 0.3) is 0 Å². The van der Waals surface area contributed by atoms with Crippen LogP contribution in [0.2, 0.25) is 0 Å². The summed E-state index contributed by atoms with van der Waals surface area (Å²) in [6.45, 7) is 6.11. The molecule has 0 saturated carbocycles. The molecule has 0 heterocycles. The van der Waals surface area contributed by atoms with Crippen LogP contribution < -0.4 is 0 Å². The van der Waals surface area contributed by atoms with Crippen molar-refractivity contribution in [1.82, 2.24) is 0 Å². The van der Waals surface area contributed by atoms with Crippen molar-refractivity contribution in [2.75, 3.05) is 11.5 Å². The summed E-state index contributed by atoms with van der Waals surface area (Å²) >= 11 is 3.55. The average Bonchev–Trinajstić information content (AvgIpc) is 2.13. The largest absolute Gasteiger partial charge is 0.229 e. The molecule has 2 atom stereocenters. The van der Waals surface area contributed by atoms with Gasteiger partial charge in [0.1, 0.15) is 9.84 Å². The Balaban J connectivity index is 3.93. The zero-order chi connectivity index (χ0) is 11.2. The Morgan fingerprint density at radius 2 is 1.79 bits per heavy atom. The van der Waals surface area contributed by atoms with E-state index in [4.69, 9.17) is 0 Å². The Labute approximate surface area is 96.5 Å². The molecule has 86 valence electrons. The summed E-state index contributed by atoms with van der Waals surface area (Å²) in [7, 11) is -2.79. The van der Waals surface area contributed by atoms with Crippen LogP contribution in [-0.2, 0) is 9.84 Å². The number of halogens is 1. The van der Waals surface area contributed by atoms with Gasteiger partial charge in [0.15, 0.2) is 0 Å². The minimum Gasteiger partial charge on any atom is -0.229 e. The van der Waals surface area contributed by atoms with Crippen LogP contribution in [0, 0.1) is 5.92 Å².